The molecule has 1 unspecified atom stereocenters. The molecule has 1 aliphatic rings. The second-order valence-corrected chi connectivity index (χ2v) is 9.29. The van der Waals surface area contributed by atoms with E-state index in [4.69, 9.17) is 0 Å². The first-order valence-corrected chi connectivity index (χ1v) is 11.7. The van der Waals surface area contributed by atoms with Crippen LogP contribution in [0, 0.1) is 5.82 Å². The molecule has 8 heteroatoms. The van der Waals surface area contributed by atoms with Crippen LogP contribution in [-0.2, 0) is 10.0 Å². The molecule has 1 N–H and O–H groups in total. The second kappa shape index (κ2) is 9.57. The van der Waals surface area contributed by atoms with E-state index in [1.807, 2.05) is 6.07 Å². The molecule has 30 heavy (non-hydrogen) atoms. The third-order valence-electron chi connectivity index (χ3n) is 5.37. The van der Waals surface area contributed by atoms with Gasteiger partial charge in [0.25, 0.3) is 5.91 Å². The van der Waals surface area contributed by atoms with Crippen LogP contribution in [0.2, 0.25) is 0 Å². The molecule has 0 aliphatic carbocycles. The molecule has 0 bridgehead atoms. The van der Waals surface area contributed by atoms with Crippen LogP contribution in [-0.4, -0.2) is 50.9 Å². The number of carbonyl (C=O) groups is 1. The number of hydrogen-bond acceptors (Lipinski definition) is 4. The molecule has 1 fully saturated rings. The fraction of sp³-hybridized carbons (Fsp3) is 0.409. The van der Waals surface area contributed by atoms with E-state index >= 15 is 0 Å². The Bertz CT molecular complexity index is 993. The molecular weight excluding hydrogens is 405 g/mol. The second-order valence-electron chi connectivity index (χ2n) is 7.36. The SMILES string of the molecule is CCN(CC)S(=O)(=O)c1cccc(C(=O)NC2CCCN(c3cccc(F)c3)C2)c1. The lowest BCUT2D eigenvalue weighted by Gasteiger charge is -2.34. The van der Waals surface area contributed by atoms with Gasteiger partial charge in [0.15, 0.2) is 0 Å². The van der Waals surface area contributed by atoms with E-state index in [-0.39, 0.29) is 22.7 Å². The summed E-state index contributed by atoms with van der Waals surface area (Å²) in [7, 11) is -3.63. The van der Waals surface area contributed by atoms with Gasteiger partial charge in [-0.15, -0.1) is 0 Å². The van der Waals surface area contributed by atoms with Gasteiger partial charge in [-0.2, -0.15) is 4.31 Å². The number of anilines is 1. The van der Waals surface area contributed by atoms with Crippen molar-refractivity contribution in [3.8, 4) is 0 Å². The lowest BCUT2D eigenvalue weighted by atomic mass is 10.0. The van der Waals surface area contributed by atoms with Crippen LogP contribution >= 0.6 is 0 Å². The van der Waals surface area contributed by atoms with Gasteiger partial charge in [0, 0.05) is 43.5 Å². The molecule has 2 aromatic carbocycles. The largest absolute Gasteiger partial charge is 0.369 e. The predicted octanol–water partition coefficient (Wildman–Crippen LogP) is 3.26. The van der Waals surface area contributed by atoms with Crippen LogP contribution in [0.3, 0.4) is 0 Å². The molecule has 0 saturated carbocycles. The third-order valence-corrected chi connectivity index (χ3v) is 7.42. The lowest BCUT2D eigenvalue weighted by Crippen LogP contribution is -2.47. The smallest absolute Gasteiger partial charge is 0.251 e. The van der Waals surface area contributed by atoms with Crippen molar-refractivity contribution in [2.75, 3.05) is 31.1 Å². The summed E-state index contributed by atoms with van der Waals surface area (Å²) in [5, 5.41) is 3.00. The predicted molar refractivity (Wildman–Crippen MR) is 116 cm³/mol. The van der Waals surface area contributed by atoms with Crippen molar-refractivity contribution in [1.29, 1.82) is 0 Å². The van der Waals surface area contributed by atoms with E-state index in [9.17, 15) is 17.6 Å². The first-order chi connectivity index (χ1) is 14.3. The van der Waals surface area contributed by atoms with Crippen molar-refractivity contribution in [2.45, 2.75) is 37.6 Å². The van der Waals surface area contributed by atoms with Crippen molar-refractivity contribution < 1.29 is 17.6 Å². The molecule has 0 spiro atoms. The van der Waals surface area contributed by atoms with E-state index in [0.29, 0.717) is 25.2 Å². The summed E-state index contributed by atoms with van der Waals surface area (Å²) in [6.45, 7) is 5.68. The summed E-state index contributed by atoms with van der Waals surface area (Å²) < 4.78 is 40.4. The summed E-state index contributed by atoms with van der Waals surface area (Å²) in [6.07, 6.45) is 1.69. The summed E-state index contributed by atoms with van der Waals surface area (Å²) in [6, 6.07) is 12.5. The topological polar surface area (TPSA) is 69.7 Å². The molecule has 1 heterocycles. The number of halogens is 1. The number of amides is 1. The Kier molecular flexibility index (Phi) is 7.10. The number of sulfonamides is 1. The average molecular weight is 434 g/mol. The van der Waals surface area contributed by atoms with Crippen LogP contribution in [0.25, 0.3) is 0 Å². The Morgan fingerprint density at radius 2 is 1.90 bits per heavy atom. The summed E-state index contributed by atoms with van der Waals surface area (Å²) in [4.78, 5) is 15.0. The van der Waals surface area contributed by atoms with Gasteiger partial charge in [-0.25, -0.2) is 12.8 Å². The molecule has 6 nitrogen and oxygen atoms in total. The molecule has 1 atom stereocenters. The Hall–Kier alpha value is -2.45. The number of benzene rings is 2. The van der Waals surface area contributed by atoms with Crippen molar-refractivity contribution in [3.05, 3.63) is 59.9 Å². The van der Waals surface area contributed by atoms with E-state index < -0.39 is 10.0 Å². The molecule has 3 rings (SSSR count). The molecule has 0 aromatic heterocycles. The average Bonchev–Trinajstić information content (AvgIpc) is 2.75. The number of rotatable bonds is 7. The number of carbonyl (C=O) groups excluding carboxylic acids is 1. The van der Waals surface area contributed by atoms with Crippen LogP contribution < -0.4 is 10.2 Å². The van der Waals surface area contributed by atoms with Gasteiger partial charge in [-0.05, 0) is 49.2 Å². The summed E-state index contributed by atoms with van der Waals surface area (Å²) in [5.74, 6) is -0.595. The quantitative estimate of drug-likeness (QED) is 0.728. The maximum Gasteiger partial charge on any atom is 0.251 e. The standard InChI is InChI=1S/C22H28FN3O3S/c1-3-26(4-2)30(28,29)21-12-5-8-17(14-21)22(27)24-19-10-7-13-25(16-19)20-11-6-9-18(23)15-20/h5-6,8-9,11-12,14-15,19H,3-4,7,10,13,16H2,1-2H3,(H,24,27). The van der Waals surface area contributed by atoms with Crippen LogP contribution in [0.15, 0.2) is 53.4 Å². The van der Waals surface area contributed by atoms with Gasteiger partial charge in [-0.1, -0.05) is 26.0 Å². The Morgan fingerprint density at radius 3 is 2.60 bits per heavy atom. The van der Waals surface area contributed by atoms with Gasteiger partial charge in [0.1, 0.15) is 5.82 Å². The van der Waals surface area contributed by atoms with Gasteiger partial charge < -0.3 is 10.2 Å². The number of hydrogen-bond donors (Lipinski definition) is 1. The van der Waals surface area contributed by atoms with Crippen molar-refractivity contribution in [3.63, 3.8) is 0 Å². The zero-order chi connectivity index (χ0) is 21.7. The zero-order valence-corrected chi connectivity index (χ0v) is 18.2. The fourth-order valence-electron chi connectivity index (χ4n) is 3.78. The highest BCUT2D eigenvalue weighted by atomic mass is 32.2. The highest BCUT2D eigenvalue weighted by Crippen LogP contribution is 2.21. The normalized spacial score (nSPS) is 17.2. The maximum atomic E-state index is 13.5. The van der Waals surface area contributed by atoms with E-state index in [2.05, 4.69) is 10.2 Å². The zero-order valence-electron chi connectivity index (χ0n) is 17.3. The molecule has 2 aromatic rings. The van der Waals surface area contributed by atoms with Gasteiger partial charge >= 0.3 is 0 Å². The van der Waals surface area contributed by atoms with Gasteiger partial charge in [-0.3, -0.25) is 4.79 Å². The molecule has 0 radical (unpaired) electrons. The summed E-state index contributed by atoms with van der Waals surface area (Å²) in [5.41, 5.74) is 1.10. The van der Waals surface area contributed by atoms with Crippen molar-refractivity contribution in [2.24, 2.45) is 0 Å². The van der Waals surface area contributed by atoms with Crippen molar-refractivity contribution in [1.82, 2.24) is 9.62 Å². The minimum atomic E-state index is -3.63. The number of nitrogens with one attached hydrogen (secondary N) is 1. The third kappa shape index (κ3) is 4.99. The van der Waals surface area contributed by atoms with E-state index in [1.54, 1.807) is 32.0 Å². The highest BCUT2D eigenvalue weighted by Gasteiger charge is 2.25. The van der Waals surface area contributed by atoms with E-state index in [0.717, 1.165) is 25.1 Å². The monoisotopic (exact) mass is 433 g/mol. The molecule has 1 amide bonds. The minimum Gasteiger partial charge on any atom is -0.369 e. The van der Waals surface area contributed by atoms with Crippen molar-refractivity contribution >= 4 is 21.6 Å². The Morgan fingerprint density at radius 1 is 1.17 bits per heavy atom. The lowest BCUT2D eigenvalue weighted by molar-refractivity contribution is 0.0933. The van der Waals surface area contributed by atoms with Crippen LogP contribution in [0.5, 0.6) is 0 Å². The fourth-order valence-corrected chi connectivity index (χ4v) is 5.29. The number of piperidine rings is 1. The first kappa shape index (κ1) is 22.2. The molecular formula is C22H28FN3O3S. The summed E-state index contributed by atoms with van der Waals surface area (Å²) >= 11 is 0. The maximum absolute atomic E-state index is 13.5. The molecule has 1 saturated heterocycles. The van der Waals surface area contributed by atoms with Gasteiger partial charge in [0.05, 0.1) is 4.90 Å². The Labute approximate surface area is 177 Å². The Balaban J connectivity index is 1.72. The van der Waals surface area contributed by atoms with Crippen LogP contribution in [0.1, 0.15) is 37.0 Å². The number of nitrogens with zero attached hydrogens (tertiary/aromatic N) is 2. The highest BCUT2D eigenvalue weighted by molar-refractivity contribution is 7.89. The van der Waals surface area contributed by atoms with Gasteiger partial charge in [0.2, 0.25) is 10.0 Å². The minimum absolute atomic E-state index is 0.0995. The molecule has 162 valence electrons. The first-order valence-electron chi connectivity index (χ1n) is 10.3. The van der Waals surface area contributed by atoms with Crippen LogP contribution in [0.4, 0.5) is 10.1 Å². The molecule has 1 aliphatic heterocycles. The van der Waals surface area contributed by atoms with E-state index in [1.165, 1.54) is 28.6 Å².